The van der Waals surface area contributed by atoms with Crippen LogP contribution in [0.4, 0.5) is 0 Å². The standard InChI is InChI=1S/C12H11NOS/c13-12(14)6-2-4-9-3-1-5-11-10(9)7-8-15-11/h1-5,7-8H,6H2,(H2,13,14). The number of carbonyl (C=O) groups is 1. The van der Waals surface area contributed by atoms with Gasteiger partial charge >= 0.3 is 0 Å². The van der Waals surface area contributed by atoms with Crippen LogP contribution in [0.1, 0.15) is 12.0 Å². The molecule has 0 aliphatic heterocycles. The summed E-state index contributed by atoms with van der Waals surface area (Å²) in [6.07, 6.45) is 4.04. The van der Waals surface area contributed by atoms with Crippen molar-refractivity contribution < 1.29 is 4.79 Å². The molecule has 1 amide bonds. The van der Waals surface area contributed by atoms with Crippen LogP contribution in [0.2, 0.25) is 0 Å². The molecule has 2 rings (SSSR count). The summed E-state index contributed by atoms with van der Waals surface area (Å²) >= 11 is 1.72. The molecule has 0 spiro atoms. The Kier molecular flexibility index (Phi) is 2.83. The number of nitrogens with two attached hydrogens (primary N) is 1. The fraction of sp³-hybridized carbons (Fsp3) is 0.0833. The summed E-state index contributed by atoms with van der Waals surface area (Å²) in [5.74, 6) is -0.302. The summed E-state index contributed by atoms with van der Waals surface area (Å²) in [5.41, 5.74) is 6.20. The molecule has 0 aliphatic carbocycles. The molecular weight excluding hydrogens is 206 g/mol. The Labute approximate surface area is 92.0 Å². The average molecular weight is 217 g/mol. The third-order valence-corrected chi connectivity index (χ3v) is 3.03. The number of primary amides is 1. The van der Waals surface area contributed by atoms with Crippen LogP contribution in [-0.4, -0.2) is 5.91 Å². The monoisotopic (exact) mass is 217 g/mol. The van der Waals surface area contributed by atoms with Crippen molar-refractivity contribution in [3.05, 3.63) is 41.3 Å². The van der Waals surface area contributed by atoms with Crippen LogP contribution in [0.15, 0.2) is 35.7 Å². The number of hydrogen-bond acceptors (Lipinski definition) is 2. The summed E-state index contributed by atoms with van der Waals surface area (Å²) in [7, 11) is 0. The lowest BCUT2D eigenvalue weighted by Crippen LogP contribution is -2.07. The predicted molar refractivity (Wildman–Crippen MR) is 64.7 cm³/mol. The molecule has 76 valence electrons. The summed E-state index contributed by atoms with van der Waals surface area (Å²) < 4.78 is 1.26. The number of carbonyl (C=O) groups excluding carboxylic acids is 1. The number of fused-ring (bicyclic) bond motifs is 1. The van der Waals surface area contributed by atoms with Crippen LogP contribution in [0.25, 0.3) is 16.2 Å². The van der Waals surface area contributed by atoms with Crippen LogP contribution < -0.4 is 5.73 Å². The van der Waals surface area contributed by atoms with E-state index >= 15 is 0 Å². The van der Waals surface area contributed by atoms with Gasteiger partial charge in [-0.1, -0.05) is 24.3 Å². The summed E-state index contributed by atoms with van der Waals surface area (Å²) in [6, 6.07) is 8.23. The Morgan fingerprint density at radius 2 is 2.27 bits per heavy atom. The first-order valence-electron chi connectivity index (χ1n) is 4.68. The second-order valence-electron chi connectivity index (χ2n) is 3.25. The van der Waals surface area contributed by atoms with Crippen molar-refractivity contribution in [1.29, 1.82) is 0 Å². The minimum absolute atomic E-state index is 0.292. The summed E-state index contributed by atoms with van der Waals surface area (Å²) in [6.45, 7) is 0. The fourth-order valence-electron chi connectivity index (χ4n) is 1.46. The van der Waals surface area contributed by atoms with Gasteiger partial charge in [-0.3, -0.25) is 4.79 Å². The van der Waals surface area contributed by atoms with Crippen LogP contribution in [0, 0.1) is 0 Å². The van der Waals surface area contributed by atoms with E-state index in [4.69, 9.17) is 5.73 Å². The molecule has 15 heavy (non-hydrogen) atoms. The highest BCUT2D eigenvalue weighted by Gasteiger charge is 1.98. The van der Waals surface area contributed by atoms with Crippen molar-refractivity contribution in [1.82, 2.24) is 0 Å². The smallest absolute Gasteiger partial charge is 0.221 e. The van der Waals surface area contributed by atoms with Gasteiger partial charge in [0.15, 0.2) is 0 Å². The van der Waals surface area contributed by atoms with E-state index in [9.17, 15) is 4.79 Å². The maximum atomic E-state index is 10.6. The molecule has 0 atom stereocenters. The van der Waals surface area contributed by atoms with Crippen molar-refractivity contribution in [3.63, 3.8) is 0 Å². The van der Waals surface area contributed by atoms with Gasteiger partial charge in [0.25, 0.3) is 0 Å². The lowest BCUT2D eigenvalue weighted by Gasteiger charge is -1.95. The van der Waals surface area contributed by atoms with E-state index in [1.54, 1.807) is 17.4 Å². The maximum Gasteiger partial charge on any atom is 0.221 e. The second kappa shape index (κ2) is 4.28. The molecule has 0 aliphatic rings. The highest BCUT2D eigenvalue weighted by Crippen LogP contribution is 2.24. The Hall–Kier alpha value is -1.61. The minimum atomic E-state index is -0.302. The first-order chi connectivity index (χ1) is 7.27. The summed E-state index contributed by atoms with van der Waals surface area (Å²) in [5, 5.41) is 3.29. The molecule has 1 heterocycles. The predicted octanol–water partition coefficient (Wildman–Crippen LogP) is 2.79. The van der Waals surface area contributed by atoms with Gasteiger partial charge in [0.05, 0.1) is 0 Å². The van der Waals surface area contributed by atoms with Gasteiger partial charge in [0.1, 0.15) is 0 Å². The normalized spacial score (nSPS) is 11.2. The molecule has 0 saturated carbocycles. The zero-order valence-corrected chi connectivity index (χ0v) is 8.96. The highest BCUT2D eigenvalue weighted by atomic mass is 32.1. The van der Waals surface area contributed by atoms with Crippen molar-refractivity contribution in [2.24, 2.45) is 5.73 Å². The van der Waals surface area contributed by atoms with Gasteiger partial charge in [0, 0.05) is 11.1 Å². The SMILES string of the molecule is NC(=O)CC=Cc1cccc2sccc12. The second-order valence-corrected chi connectivity index (χ2v) is 4.20. The molecule has 2 nitrogen and oxygen atoms in total. The van der Waals surface area contributed by atoms with E-state index in [2.05, 4.69) is 17.5 Å². The molecule has 0 bridgehead atoms. The van der Waals surface area contributed by atoms with Crippen molar-refractivity contribution in [2.75, 3.05) is 0 Å². The van der Waals surface area contributed by atoms with Crippen molar-refractivity contribution in [3.8, 4) is 0 Å². The molecular formula is C12H11NOS. The van der Waals surface area contributed by atoms with Gasteiger partial charge in [-0.25, -0.2) is 0 Å². The number of benzene rings is 1. The first kappa shape index (κ1) is 9.93. The largest absolute Gasteiger partial charge is 0.369 e. The molecule has 0 radical (unpaired) electrons. The van der Waals surface area contributed by atoms with E-state index in [1.807, 2.05) is 18.2 Å². The molecule has 1 aromatic heterocycles. The quantitative estimate of drug-likeness (QED) is 0.844. The Morgan fingerprint density at radius 1 is 1.40 bits per heavy atom. The first-order valence-corrected chi connectivity index (χ1v) is 5.56. The fourth-order valence-corrected chi connectivity index (χ4v) is 2.29. The molecule has 2 N–H and O–H groups in total. The van der Waals surface area contributed by atoms with Gasteiger partial charge in [0.2, 0.25) is 5.91 Å². The molecule has 2 aromatic rings. The number of hydrogen-bond donors (Lipinski definition) is 1. The molecule has 0 fully saturated rings. The third-order valence-electron chi connectivity index (χ3n) is 2.15. The van der Waals surface area contributed by atoms with E-state index in [0.29, 0.717) is 6.42 Å². The van der Waals surface area contributed by atoms with E-state index in [1.165, 1.54) is 10.1 Å². The Balaban J connectivity index is 2.31. The topological polar surface area (TPSA) is 43.1 Å². The number of thiophene rings is 1. The minimum Gasteiger partial charge on any atom is -0.369 e. The van der Waals surface area contributed by atoms with Crippen LogP contribution >= 0.6 is 11.3 Å². The zero-order chi connectivity index (χ0) is 10.7. The van der Waals surface area contributed by atoms with Gasteiger partial charge in [-0.05, 0) is 28.5 Å². The Bertz CT molecular complexity index is 513. The van der Waals surface area contributed by atoms with Gasteiger partial charge < -0.3 is 5.73 Å². The van der Waals surface area contributed by atoms with Gasteiger partial charge in [-0.2, -0.15) is 0 Å². The lowest BCUT2D eigenvalue weighted by molar-refractivity contribution is -0.117. The highest BCUT2D eigenvalue weighted by molar-refractivity contribution is 7.17. The summed E-state index contributed by atoms with van der Waals surface area (Å²) in [4.78, 5) is 10.6. The maximum absolute atomic E-state index is 10.6. The average Bonchev–Trinajstić information content (AvgIpc) is 2.65. The van der Waals surface area contributed by atoms with Crippen molar-refractivity contribution >= 4 is 33.4 Å². The van der Waals surface area contributed by atoms with Crippen LogP contribution in [-0.2, 0) is 4.79 Å². The van der Waals surface area contributed by atoms with E-state index in [0.717, 1.165) is 5.56 Å². The van der Waals surface area contributed by atoms with Crippen LogP contribution in [0.3, 0.4) is 0 Å². The molecule has 3 heteroatoms. The number of rotatable bonds is 3. The third kappa shape index (κ3) is 2.25. The van der Waals surface area contributed by atoms with Crippen molar-refractivity contribution in [2.45, 2.75) is 6.42 Å². The lowest BCUT2D eigenvalue weighted by atomic mass is 10.1. The Morgan fingerprint density at radius 3 is 3.07 bits per heavy atom. The molecule has 0 saturated heterocycles. The van der Waals surface area contributed by atoms with E-state index < -0.39 is 0 Å². The molecule has 0 unspecified atom stereocenters. The van der Waals surface area contributed by atoms with Crippen LogP contribution in [0.5, 0.6) is 0 Å². The van der Waals surface area contributed by atoms with Gasteiger partial charge in [-0.15, -0.1) is 11.3 Å². The number of amides is 1. The zero-order valence-electron chi connectivity index (χ0n) is 8.14. The molecule has 1 aromatic carbocycles. The van der Waals surface area contributed by atoms with E-state index in [-0.39, 0.29) is 5.91 Å².